The van der Waals surface area contributed by atoms with Crippen molar-refractivity contribution in [2.75, 3.05) is 0 Å². The first kappa shape index (κ1) is 14.8. The van der Waals surface area contributed by atoms with E-state index in [0.717, 1.165) is 29.3 Å². The number of carbonyl (C=O) groups is 1. The molecule has 0 radical (unpaired) electrons. The number of unbranched alkanes of at least 4 members (excludes halogenated alkanes) is 2. The van der Waals surface area contributed by atoms with E-state index in [-0.39, 0.29) is 11.9 Å². The second-order valence-electron chi connectivity index (χ2n) is 4.26. The second-order valence-corrected chi connectivity index (χ2v) is 5.17. The van der Waals surface area contributed by atoms with Gasteiger partial charge in [0.1, 0.15) is 0 Å². The molecule has 1 atom stereocenters. The van der Waals surface area contributed by atoms with Crippen LogP contribution in [0.25, 0.3) is 0 Å². The number of rotatable bonds is 6. The molecule has 0 aromatic heterocycles. The van der Waals surface area contributed by atoms with E-state index in [1.165, 1.54) is 0 Å². The van der Waals surface area contributed by atoms with Crippen molar-refractivity contribution in [3.63, 3.8) is 0 Å². The molecular formula is C15H18BrNO. The van der Waals surface area contributed by atoms with Crippen molar-refractivity contribution in [3.05, 3.63) is 34.3 Å². The van der Waals surface area contributed by atoms with E-state index in [9.17, 15) is 4.79 Å². The summed E-state index contributed by atoms with van der Waals surface area (Å²) in [4.78, 5) is 11.7. The fourth-order valence-corrected chi connectivity index (χ4v) is 2.10. The number of nitrogens with one attached hydrogen (secondary N) is 1. The van der Waals surface area contributed by atoms with Crippen LogP contribution in [0, 0.1) is 12.3 Å². The Kier molecular flexibility index (Phi) is 6.53. The molecule has 18 heavy (non-hydrogen) atoms. The van der Waals surface area contributed by atoms with Crippen LogP contribution in [0.2, 0.25) is 0 Å². The Morgan fingerprint density at radius 1 is 1.50 bits per heavy atom. The molecule has 0 saturated heterocycles. The van der Waals surface area contributed by atoms with E-state index in [4.69, 9.17) is 6.42 Å². The normalized spacial score (nSPS) is 11.6. The van der Waals surface area contributed by atoms with Gasteiger partial charge < -0.3 is 5.32 Å². The van der Waals surface area contributed by atoms with Gasteiger partial charge >= 0.3 is 0 Å². The minimum absolute atomic E-state index is 0.0302. The Morgan fingerprint density at radius 3 is 2.94 bits per heavy atom. The van der Waals surface area contributed by atoms with Crippen LogP contribution in [0.15, 0.2) is 28.7 Å². The molecule has 3 heteroatoms. The first-order valence-corrected chi connectivity index (χ1v) is 6.91. The topological polar surface area (TPSA) is 29.1 Å². The standard InChI is InChI=1S/C15H18BrNO/c1-3-4-5-6-10-15(18)17-12(2)13-8-7-9-14(16)11-13/h1,7-9,11-12H,4-6,10H2,2H3,(H,17,18). The van der Waals surface area contributed by atoms with Crippen LogP contribution in [0.5, 0.6) is 0 Å². The highest BCUT2D eigenvalue weighted by atomic mass is 79.9. The molecule has 0 aliphatic heterocycles. The lowest BCUT2D eigenvalue weighted by Gasteiger charge is -2.14. The van der Waals surface area contributed by atoms with Crippen molar-refractivity contribution in [3.8, 4) is 12.3 Å². The monoisotopic (exact) mass is 307 g/mol. The lowest BCUT2D eigenvalue weighted by atomic mass is 10.1. The number of halogens is 1. The Morgan fingerprint density at radius 2 is 2.28 bits per heavy atom. The molecule has 0 aliphatic carbocycles. The van der Waals surface area contributed by atoms with Gasteiger partial charge in [-0.1, -0.05) is 28.1 Å². The predicted molar refractivity (Wildman–Crippen MR) is 78.0 cm³/mol. The van der Waals surface area contributed by atoms with Gasteiger partial charge in [-0.3, -0.25) is 4.79 Å². The van der Waals surface area contributed by atoms with E-state index in [1.54, 1.807) is 0 Å². The third kappa shape index (κ3) is 5.37. The molecule has 1 N–H and O–H groups in total. The van der Waals surface area contributed by atoms with Gasteiger partial charge in [-0.25, -0.2) is 0 Å². The Labute approximate surface area is 117 Å². The van der Waals surface area contributed by atoms with Crippen LogP contribution in [0.4, 0.5) is 0 Å². The molecule has 1 rings (SSSR count). The van der Waals surface area contributed by atoms with E-state index in [2.05, 4.69) is 27.2 Å². The molecule has 0 spiro atoms. The zero-order chi connectivity index (χ0) is 13.4. The fraction of sp³-hybridized carbons (Fsp3) is 0.400. The number of hydrogen-bond acceptors (Lipinski definition) is 1. The molecule has 0 heterocycles. The van der Waals surface area contributed by atoms with E-state index in [1.807, 2.05) is 31.2 Å². The lowest BCUT2D eigenvalue weighted by Crippen LogP contribution is -2.26. The second kappa shape index (κ2) is 7.94. The van der Waals surface area contributed by atoms with Gasteiger partial charge in [0.2, 0.25) is 5.91 Å². The minimum Gasteiger partial charge on any atom is -0.350 e. The number of amides is 1. The first-order chi connectivity index (χ1) is 8.63. The van der Waals surface area contributed by atoms with E-state index < -0.39 is 0 Å². The Balaban J connectivity index is 2.38. The van der Waals surface area contributed by atoms with Crippen molar-refractivity contribution in [1.82, 2.24) is 5.32 Å². The summed E-state index contributed by atoms with van der Waals surface area (Å²) in [6.45, 7) is 1.99. The van der Waals surface area contributed by atoms with Crippen LogP contribution >= 0.6 is 15.9 Å². The largest absolute Gasteiger partial charge is 0.350 e. The summed E-state index contributed by atoms with van der Waals surface area (Å²) in [6.07, 6.45) is 8.21. The molecule has 96 valence electrons. The molecular weight excluding hydrogens is 290 g/mol. The van der Waals surface area contributed by atoms with Crippen LogP contribution < -0.4 is 5.32 Å². The SMILES string of the molecule is C#CCCCCC(=O)NC(C)c1cccc(Br)c1. The number of hydrogen-bond donors (Lipinski definition) is 1. The summed E-state index contributed by atoms with van der Waals surface area (Å²) in [6, 6.07) is 7.99. The zero-order valence-electron chi connectivity index (χ0n) is 10.6. The van der Waals surface area contributed by atoms with Crippen molar-refractivity contribution in [2.45, 2.75) is 38.6 Å². The lowest BCUT2D eigenvalue weighted by molar-refractivity contribution is -0.121. The third-order valence-electron chi connectivity index (χ3n) is 2.70. The van der Waals surface area contributed by atoms with Crippen LogP contribution in [0.1, 0.15) is 44.2 Å². The summed E-state index contributed by atoms with van der Waals surface area (Å²) in [7, 11) is 0. The van der Waals surface area contributed by atoms with Crippen molar-refractivity contribution >= 4 is 21.8 Å². The summed E-state index contributed by atoms with van der Waals surface area (Å²) in [5.41, 5.74) is 1.10. The molecule has 0 saturated carbocycles. The molecule has 2 nitrogen and oxygen atoms in total. The summed E-state index contributed by atoms with van der Waals surface area (Å²) in [5.74, 6) is 2.66. The Bertz CT molecular complexity index is 436. The molecule has 1 unspecified atom stereocenters. The molecule has 1 aromatic carbocycles. The average Bonchev–Trinajstić information content (AvgIpc) is 2.34. The highest BCUT2D eigenvalue weighted by Crippen LogP contribution is 2.18. The quantitative estimate of drug-likeness (QED) is 0.628. The van der Waals surface area contributed by atoms with Crippen molar-refractivity contribution < 1.29 is 4.79 Å². The van der Waals surface area contributed by atoms with Crippen molar-refractivity contribution in [1.29, 1.82) is 0 Å². The van der Waals surface area contributed by atoms with E-state index >= 15 is 0 Å². The number of terminal acetylenes is 1. The summed E-state index contributed by atoms with van der Waals surface area (Å²) < 4.78 is 1.02. The van der Waals surface area contributed by atoms with Gasteiger partial charge in [-0.15, -0.1) is 12.3 Å². The van der Waals surface area contributed by atoms with Crippen LogP contribution in [-0.2, 0) is 4.79 Å². The highest BCUT2D eigenvalue weighted by molar-refractivity contribution is 9.10. The summed E-state index contributed by atoms with van der Waals surface area (Å²) >= 11 is 3.42. The molecule has 1 aromatic rings. The average molecular weight is 308 g/mol. The molecule has 0 bridgehead atoms. The summed E-state index contributed by atoms with van der Waals surface area (Å²) in [5, 5.41) is 2.99. The first-order valence-electron chi connectivity index (χ1n) is 6.11. The predicted octanol–water partition coefficient (Wildman–Crippen LogP) is 3.82. The number of carbonyl (C=O) groups excluding carboxylic acids is 1. The number of benzene rings is 1. The highest BCUT2D eigenvalue weighted by Gasteiger charge is 2.09. The third-order valence-corrected chi connectivity index (χ3v) is 3.19. The van der Waals surface area contributed by atoms with Gasteiger partial charge in [0, 0.05) is 17.3 Å². The van der Waals surface area contributed by atoms with Gasteiger partial charge in [-0.2, -0.15) is 0 Å². The van der Waals surface area contributed by atoms with Gasteiger partial charge in [0.25, 0.3) is 0 Å². The van der Waals surface area contributed by atoms with Gasteiger partial charge in [-0.05, 0) is 37.5 Å². The fourth-order valence-electron chi connectivity index (χ4n) is 1.69. The van der Waals surface area contributed by atoms with Gasteiger partial charge in [0.05, 0.1) is 6.04 Å². The van der Waals surface area contributed by atoms with Crippen LogP contribution in [0.3, 0.4) is 0 Å². The molecule has 0 aliphatic rings. The minimum atomic E-state index is 0.0302. The Hall–Kier alpha value is -1.27. The molecule has 1 amide bonds. The van der Waals surface area contributed by atoms with E-state index in [0.29, 0.717) is 6.42 Å². The zero-order valence-corrected chi connectivity index (χ0v) is 12.2. The van der Waals surface area contributed by atoms with Crippen LogP contribution in [-0.4, -0.2) is 5.91 Å². The molecule has 0 fully saturated rings. The maximum Gasteiger partial charge on any atom is 0.220 e. The van der Waals surface area contributed by atoms with Crippen molar-refractivity contribution in [2.24, 2.45) is 0 Å². The maximum absolute atomic E-state index is 11.7. The van der Waals surface area contributed by atoms with Gasteiger partial charge in [0.15, 0.2) is 0 Å². The maximum atomic E-state index is 11.7. The smallest absolute Gasteiger partial charge is 0.220 e.